The maximum absolute atomic E-state index is 11.3. The summed E-state index contributed by atoms with van der Waals surface area (Å²) in [5.41, 5.74) is 0.756. The minimum atomic E-state index is -0.735. The minimum absolute atomic E-state index is 0.256. The van der Waals surface area contributed by atoms with Crippen LogP contribution in [0.1, 0.15) is 17.4 Å². The van der Waals surface area contributed by atoms with Crippen LogP contribution in [0.15, 0.2) is 41.3 Å². The van der Waals surface area contributed by atoms with Crippen molar-refractivity contribution in [1.82, 2.24) is 4.57 Å². The van der Waals surface area contributed by atoms with E-state index in [1.807, 2.05) is 0 Å². The van der Waals surface area contributed by atoms with Gasteiger partial charge in [0, 0.05) is 12.3 Å². The van der Waals surface area contributed by atoms with E-state index in [-0.39, 0.29) is 12.3 Å². The lowest BCUT2D eigenvalue weighted by Crippen LogP contribution is -2.14. The van der Waals surface area contributed by atoms with Crippen LogP contribution in [-0.2, 0) is 6.54 Å². The lowest BCUT2D eigenvalue weighted by molar-refractivity contribution is 0.155. The van der Waals surface area contributed by atoms with Crippen molar-refractivity contribution in [2.45, 2.75) is 19.6 Å². The average molecular weight is 275 g/mol. The van der Waals surface area contributed by atoms with Crippen molar-refractivity contribution < 1.29 is 14.9 Å². The Labute approximate surface area is 116 Å². The van der Waals surface area contributed by atoms with Crippen molar-refractivity contribution in [3.63, 3.8) is 0 Å². The number of aromatic nitrogens is 1. The molecule has 0 aliphatic carbocycles. The Morgan fingerprint density at radius 2 is 1.90 bits per heavy atom. The van der Waals surface area contributed by atoms with E-state index in [9.17, 15) is 15.0 Å². The highest BCUT2D eigenvalue weighted by Gasteiger charge is 2.11. The monoisotopic (exact) mass is 275 g/mol. The Kier molecular flexibility index (Phi) is 4.10. The summed E-state index contributed by atoms with van der Waals surface area (Å²) in [6, 6.07) is 8.38. The summed E-state index contributed by atoms with van der Waals surface area (Å²) in [6.07, 6.45) is 0.825. The number of pyridine rings is 1. The zero-order valence-corrected chi connectivity index (χ0v) is 11.4. The molecule has 5 nitrogen and oxygen atoms in total. The van der Waals surface area contributed by atoms with Gasteiger partial charge < -0.3 is 19.5 Å². The first-order valence-electron chi connectivity index (χ1n) is 6.24. The molecule has 5 heteroatoms. The number of rotatable bonds is 4. The first-order chi connectivity index (χ1) is 9.52. The van der Waals surface area contributed by atoms with Crippen molar-refractivity contribution in [3.05, 3.63) is 58.0 Å². The minimum Gasteiger partial charge on any atom is -0.503 e. The van der Waals surface area contributed by atoms with Gasteiger partial charge in [0.1, 0.15) is 5.75 Å². The van der Waals surface area contributed by atoms with Crippen molar-refractivity contribution in [2.24, 2.45) is 0 Å². The van der Waals surface area contributed by atoms with E-state index in [1.54, 1.807) is 49.1 Å². The molecule has 1 heterocycles. The molecule has 0 radical (unpaired) electrons. The van der Waals surface area contributed by atoms with E-state index in [2.05, 4.69) is 0 Å². The lowest BCUT2D eigenvalue weighted by Gasteiger charge is -2.16. The molecular weight excluding hydrogens is 258 g/mol. The first-order valence-corrected chi connectivity index (χ1v) is 6.24. The second kappa shape index (κ2) is 5.79. The molecule has 0 amide bonds. The van der Waals surface area contributed by atoms with Crippen molar-refractivity contribution >= 4 is 0 Å². The Morgan fingerprint density at radius 3 is 2.50 bits per heavy atom. The first kappa shape index (κ1) is 14.1. The molecule has 0 fully saturated rings. The molecule has 0 bridgehead atoms. The maximum Gasteiger partial charge on any atom is 0.223 e. The third kappa shape index (κ3) is 2.83. The summed E-state index contributed by atoms with van der Waals surface area (Å²) in [7, 11) is 1.58. The van der Waals surface area contributed by atoms with E-state index in [4.69, 9.17) is 4.74 Å². The highest BCUT2D eigenvalue weighted by molar-refractivity contribution is 5.29. The molecule has 0 saturated heterocycles. The second-order valence-electron chi connectivity index (χ2n) is 4.56. The number of nitrogens with zero attached hydrogens (tertiary/aromatic N) is 1. The van der Waals surface area contributed by atoms with Crippen LogP contribution in [0, 0.1) is 6.92 Å². The maximum atomic E-state index is 11.3. The number of methoxy groups -OCH3 is 1. The van der Waals surface area contributed by atoms with Gasteiger partial charge in [-0.1, -0.05) is 12.1 Å². The van der Waals surface area contributed by atoms with E-state index < -0.39 is 11.5 Å². The SMILES string of the molecule is COc1ccc([C@H](O)Cn2ccc(=O)c(O)c2C)cc1. The quantitative estimate of drug-likeness (QED) is 0.889. The van der Waals surface area contributed by atoms with E-state index in [0.29, 0.717) is 5.69 Å². The number of aromatic hydroxyl groups is 1. The molecule has 1 aromatic heterocycles. The van der Waals surface area contributed by atoms with Gasteiger partial charge in [-0.05, 0) is 24.6 Å². The number of aliphatic hydroxyl groups is 1. The standard InChI is InChI=1S/C15H17NO4/c1-10-15(19)13(17)7-8-16(10)9-14(18)11-3-5-12(20-2)6-4-11/h3-8,14,18-19H,9H2,1-2H3/t14-/m1/s1. The fraction of sp³-hybridized carbons (Fsp3) is 0.267. The molecule has 0 saturated carbocycles. The molecule has 2 N–H and O–H groups in total. The molecule has 1 atom stereocenters. The molecule has 0 aliphatic heterocycles. The summed E-state index contributed by atoms with van der Waals surface area (Å²) < 4.78 is 6.71. The Hall–Kier alpha value is -2.27. The van der Waals surface area contributed by atoms with Gasteiger partial charge in [0.15, 0.2) is 5.75 Å². The average Bonchev–Trinajstić information content (AvgIpc) is 2.48. The van der Waals surface area contributed by atoms with Crippen LogP contribution in [0.5, 0.6) is 11.5 Å². The smallest absolute Gasteiger partial charge is 0.223 e. The lowest BCUT2D eigenvalue weighted by atomic mass is 10.1. The molecule has 0 spiro atoms. The molecule has 1 aromatic carbocycles. The Balaban J connectivity index is 2.20. The number of hydrogen-bond donors (Lipinski definition) is 2. The van der Waals surface area contributed by atoms with E-state index in [1.165, 1.54) is 6.07 Å². The van der Waals surface area contributed by atoms with Gasteiger partial charge in [-0.2, -0.15) is 0 Å². The number of benzene rings is 1. The van der Waals surface area contributed by atoms with Gasteiger partial charge in [-0.15, -0.1) is 0 Å². The zero-order chi connectivity index (χ0) is 14.7. The summed E-state index contributed by atoms with van der Waals surface area (Å²) in [5, 5.41) is 19.8. The van der Waals surface area contributed by atoms with E-state index >= 15 is 0 Å². The van der Waals surface area contributed by atoms with Crippen molar-refractivity contribution in [2.75, 3.05) is 7.11 Å². The van der Waals surface area contributed by atoms with Crippen LogP contribution < -0.4 is 10.2 Å². The van der Waals surface area contributed by atoms with Gasteiger partial charge in [0.2, 0.25) is 5.43 Å². The van der Waals surface area contributed by atoms with Crippen LogP contribution in [0.3, 0.4) is 0 Å². The molecule has 2 rings (SSSR count). The molecule has 0 unspecified atom stereocenters. The largest absolute Gasteiger partial charge is 0.503 e. The van der Waals surface area contributed by atoms with Crippen LogP contribution in [-0.4, -0.2) is 21.9 Å². The highest BCUT2D eigenvalue weighted by Crippen LogP contribution is 2.20. The number of aliphatic hydroxyl groups excluding tert-OH is 1. The van der Waals surface area contributed by atoms with Crippen molar-refractivity contribution in [3.8, 4) is 11.5 Å². The normalized spacial score (nSPS) is 12.2. The fourth-order valence-corrected chi connectivity index (χ4v) is 1.98. The zero-order valence-electron chi connectivity index (χ0n) is 11.4. The van der Waals surface area contributed by atoms with Gasteiger partial charge >= 0.3 is 0 Å². The topological polar surface area (TPSA) is 71.7 Å². The molecular formula is C15H17NO4. The van der Waals surface area contributed by atoms with Crippen LogP contribution in [0.4, 0.5) is 0 Å². The fourth-order valence-electron chi connectivity index (χ4n) is 1.98. The summed E-state index contributed by atoms with van der Waals surface area (Å²) in [4.78, 5) is 11.3. The second-order valence-corrected chi connectivity index (χ2v) is 4.56. The van der Waals surface area contributed by atoms with E-state index in [0.717, 1.165) is 11.3 Å². The number of hydrogen-bond acceptors (Lipinski definition) is 4. The summed E-state index contributed by atoms with van der Waals surface area (Å²) in [5.74, 6) is 0.438. The molecule has 0 aliphatic rings. The van der Waals surface area contributed by atoms with Gasteiger partial charge in [0.25, 0.3) is 0 Å². The molecule has 106 valence electrons. The summed E-state index contributed by atoms with van der Waals surface area (Å²) in [6.45, 7) is 1.89. The van der Waals surface area contributed by atoms with Crippen LogP contribution >= 0.6 is 0 Å². The van der Waals surface area contributed by atoms with Gasteiger partial charge in [-0.3, -0.25) is 4.79 Å². The van der Waals surface area contributed by atoms with Crippen molar-refractivity contribution in [1.29, 1.82) is 0 Å². The highest BCUT2D eigenvalue weighted by atomic mass is 16.5. The van der Waals surface area contributed by atoms with Crippen LogP contribution in [0.2, 0.25) is 0 Å². The van der Waals surface area contributed by atoms with Gasteiger partial charge in [0.05, 0.1) is 25.5 Å². The Bertz CT molecular complexity index is 646. The number of ether oxygens (including phenoxy) is 1. The predicted molar refractivity (Wildman–Crippen MR) is 75.1 cm³/mol. The molecule has 2 aromatic rings. The Morgan fingerprint density at radius 1 is 1.25 bits per heavy atom. The predicted octanol–water partition coefficient (Wildman–Crippen LogP) is 1.60. The summed E-state index contributed by atoms with van der Waals surface area (Å²) >= 11 is 0. The van der Waals surface area contributed by atoms with Crippen LogP contribution in [0.25, 0.3) is 0 Å². The third-order valence-corrected chi connectivity index (χ3v) is 3.28. The third-order valence-electron chi connectivity index (χ3n) is 3.28. The molecule has 20 heavy (non-hydrogen) atoms. The van der Waals surface area contributed by atoms with Gasteiger partial charge in [-0.25, -0.2) is 0 Å².